The minimum atomic E-state index is -1.25. The molecule has 4 heterocycles. The first-order valence-corrected chi connectivity index (χ1v) is 12.0. The van der Waals surface area contributed by atoms with E-state index in [4.69, 9.17) is 0 Å². The third-order valence-corrected chi connectivity index (χ3v) is 8.14. The fourth-order valence-electron chi connectivity index (χ4n) is 6.33. The van der Waals surface area contributed by atoms with E-state index in [-0.39, 0.29) is 29.8 Å². The molecule has 2 aromatic carbocycles. The predicted molar refractivity (Wildman–Crippen MR) is 129 cm³/mol. The number of aromatic amines is 1. The number of aromatic nitrogens is 1. The minimum Gasteiger partial charge on any atom is -0.361 e. The van der Waals surface area contributed by atoms with Gasteiger partial charge in [0.25, 0.3) is 0 Å². The van der Waals surface area contributed by atoms with Gasteiger partial charge < -0.3 is 10.3 Å². The Balaban J connectivity index is 1.50. The molecule has 1 spiro atoms. The van der Waals surface area contributed by atoms with Gasteiger partial charge in [-0.15, -0.1) is 0 Å². The zero-order valence-corrected chi connectivity index (χ0v) is 19.5. The summed E-state index contributed by atoms with van der Waals surface area (Å²) in [4.78, 5) is 46.0. The average Bonchev–Trinajstić information content (AvgIpc) is 3.54. The number of hydrogen-bond acceptors (Lipinski definition) is 4. The number of nitrogens with zero attached hydrogens (tertiary/aromatic N) is 1. The van der Waals surface area contributed by atoms with E-state index in [1.165, 1.54) is 4.90 Å². The highest BCUT2D eigenvalue weighted by Gasteiger charge is 2.70. The van der Waals surface area contributed by atoms with E-state index in [9.17, 15) is 14.4 Å². The van der Waals surface area contributed by atoms with E-state index in [0.717, 1.165) is 33.3 Å². The number of hydrogen-bond donors (Lipinski definition) is 3. The van der Waals surface area contributed by atoms with Crippen molar-refractivity contribution in [3.63, 3.8) is 0 Å². The van der Waals surface area contributed by atoms with Gasteiger partial charge in [-0.3, -0.25) is 24.6 Å². The summed E-state index contributed by atoms with van der Waals surface area (Å²) in [6.07, 6.45) is 3.17. The second-order valence-corrected chi connectivity index (χ2v) is 9.88. The molecule has 3 aliphatic heterocycles. The van der Waals surface area contributed by atoms with E-state index in [1.807, 2.05) is 63.4 Å². The number of carbonyl (C=O) groups is 3. The van der Waals surface area contributed by atoms with Crippen molar-refractivity contribution in [1.29, 1.82) is 0 Å². The topological polar surface area (TPSA) is 94.3 Å². The second-order valence-electron chi connectivity index (χ2n) is 9.88. The molecule has 3 aromatic rings. The number of imide groups is 1. The molecule has 174 valence electrons. The normalized spacial score (nSPS) is 28.6. The van der Waals surface area contributed by atoms with Crippen molar-refractivity contribution in [1.82, 2.24) is 15.2 Å². The third-order valence-electron chi connectivity index (χ3n) is 8.14. The van der Waals surface area contributed by atoms with Gasteiger partial charge in [-0.05, 0) is 43.9 Å². The lowest BCUT2D eigenvalue weighted by Gasteiger charge is -2.31. The van der Waals surface area contributed by atoms with E-state index in [0.29, 0.717) is 12.8 Å². The highest BCUT2D eigenvalue weighted by Crippen LogP contribution is 2.54. The Bertz CT molecular complexity index is 1360. The first kappa shape index (κ1) is 21.1. The zero-order valence-electron chi connectivity index (χ0n) is 19.5. The molecule has 0 radical (unpaired) electrons. The molecule has 2 fully saturated rings. The number of likely N-dealkylation sites (tertiary alicyclic amines) is 1. The van der Waals surface area contributed by atoms with Crippen LogP contribution in [0.15, 0.2) is 48.7 Å². The van der Waals surface area contributed by atoms with Crippen LogP contribution >= 0.6 is 0 Å². The van der Waals surface area contributed by atoms with Crippen LogP contribution in [0.4, 0.5) is 5.69 Å². The number of para-hydroxylation sites is 2. The van der Waals surface area contributed by atoms with Crippen molar-refractivity contribution in [2.45, 2.75) is 51.2 Å². The summed E-state index contributed by atoms with van der Waals surface area (Å²) < 4.78 is 0. The standard InChI is InChI=1S/C27H28N4O3/c1-4-15(3)31-24(32)21-20(12-16-13-28-19-11-6-5-9-17(16)19)30-27(22(21)25(31)33)18-10-7-8-14(2)23(18)29-26(27)34/h5-11,13,15,20-22,28,30H,4,12H2,1-3H3,(H,29,34). The van der Waals surface area contributed by atoms with Crippen LogP contribution < -0.4 is 10.6 Å². The van der Waals surface area contributed by atoms with E-state index < -0.39 is 17.4 Å². The van der Waals surface area contributed by atoms with Crippen LogP contribution in [-0.2, 0) is 26.3 Å². The predicted octanol–water partition coefficient (Wildman–Crippen LogP) is 3.24. The Labute approximate surface area is 197 Å². The monoisotopic (exact) mass is 456 g/mol. The lowest BCUT2D eigenvalue weighted by molar-refractivity contribution is -0.145. The van der Waals surface area contributed by atoms with Crippen LogP contribution in [0.25, 0.3) is 10.9 Å². The summed E-state index contributed by atoms with van der Waals surface area (Å²) >= 11 is 0. The number of carbonyl (C=O) groups excluding carboxylic acids is 3. The van der Waals surface area contributed by atoms with Gasteiger partial charge in [0.2, 0.25) is 17.7 Å². The molecule has 34 heavy (non-hydrogen) atoms. The SMILES string of the molecule is CCC(C)N1C(=O)C2C(Cc3c[nH]c4ccccc34)NC3(C(=O)Nc4c(C)cccc43)C2C1=O. The van der Waals surface area contributed by atoms with Gasteiger partial charge in [0.1, 0.15) is 5.54 Å². The van der Waals surface area contributed by atoms with E-state index in [2.05, 4.69) is 21.7 Å². The quantitative estimate of drug-likeness (QED) is 0.526. The van der Waals surface area contributed by atoms with Gasteiger partial charge in [-0.1, -0.05) is 43.3 Å². The molecular formula is C27H28N4O3. The highest BCUT2D eigenvalue weighted by molar-refractivity contribution is 6.15. The second kappa shape index (κ2) is 7.27. The molecule has 0 aliphatic carbocycles. The molecule has 6 rings (SSSR count). The number of benzene rings is 2. The molecule has 5 atom stereocenters. The van der Waals surface area contributed by atoms with Crippen molar-refractivity contribution < 1.29 is 14.4 Å². The van der Waals surface area contributed by atoms with Crippen LogP contribution in [0.1, 0.15) is 37.0 Å². The van der Waals surface area contributed by atoms with E-state index >= 15 is 0 Å². The average molecular weight is 457 g/mol. The molecule has 7 nitrogen and oxygen atoms in total. The maximum Gasteiger partial charge on any atom is 0.250 e. The Morgan fingerprint density at radius 2 is 1.85 bits per heavy atom. The van der Waals surface area contributed by atoms with Crippen LogP contribution in [0, 0.1) is 18.8 Å². The van der Waals surface area contributed by atoms with Gasteiger partial charge in [0.05, 0.1) is 11.8 Å². The van der Waals surface area contributed by atoms with Crippen molar-refractivity contribution in [2.24, 2.45) is 11.8 Å². The number of anilines is 1. The molecular weight excluding hydrogens is 428 g/mol. The number of rotatable bonds is 4. The smallest absolute Gasteiger partial charge is 0.250 e. The molecule has 1 aromatic heterocycles. The van der Waals surface area contributed by atoms with Gasteiger partial charge in [-0.2, -0.15) is 0 Å². The lowest BCUT2D eigenvalue weighted by Crippen LogP contribution is -2.54. The Hall–Kier alpha value is -3.45. The fourth-order valence-corrected chi connectivity index (χ4v) is 6.33. The summed E-state index contributed by atoms with van der Waals surface area (Å²) in [7, 11) is 0. The van der Waals surface area contributed by atoms with Gasteiger partial charge >= 0.3 is 0 Å². The van der Waals surface area contributed by atoms with Crippen LogP contribution in [0.5, 0.6) is 0 Å². The van der Waals surface area contributed by atoms with E-state index in [1.54, 1.807) is 0 Å². The molecule has 3 N–H and O–H groups in total. The van der Waals surface area contributed by atoms with Gasteiger partial charge in [0, 0.05) is 40.4 Å². The van der Waals surface area contributed by atoms with Crippen LogP contribution in [-0.4, -0.2) is 39.7 Å². The summed E-state index contributed by atoms with van der Waals surface area (Å²) in [5.41, 5.74) is 3.29. The summed E-state index contributed by atoms with van der Waals surface area (Å²) in [5, 5.41) is 7.66. The molecule has 7 heteroatoms. The van der Waals surface area contributed by atoms with Crippen molar-refractivity contribution in [2.75, 3.05) is 5.32 Å². The molecule has 0 bridgehead atoms. The first-order valence-electron chi connectivity index (χ1n) is 12.0. The van der Waals surface area contributed by atoms with Crippen LogP contribution in [0.3, 0.4) is 0 Å². The minimum absolute atomic E-state index is 0.174. The first-order chi connectivity index (χ1) is 16.4. The number of nitrogens with one attached hydrogen (secondary N) is 3. The lowest BCUT2D eigenvalue weighted by atomic mass is 9.76. The molecule has 3 aliphatic rings. The van der Waals surface area contributed by atoms with Crippen molar-refractivity contribution >= 4 is 34.3 Å². The zero-order chi connectivity index (χ0) is 23.8. The number of aryl methyl sites for hydroxylation is 1. The Morgan fingerprint density at radius 1 is 1.06 bits per heavy atom. The molecule has 3 amide bonds. The summed E-state index contributed by atoms with van der Waals surface area (Å²) in [5.74, 6) is -2.05. The van der Waals surface area contributed by atoms with Crippen molar-refractivity contribution in [3.8, 4) is 0 Å². The number of fused-ring (bicyclic) bond motifs is 5. The summed E-state index contributed by atoms with van der Waals surface area (Å²) in [6, 6.07) is 13.2. The maximum absolute atomic E-state index is 13.8. The van der Waals surface area contributed by atoms with Gasteiger partial charge in [-0.25, -0.2) is 0 Å². The third kappa shape index (κ3) is 2.59. The summed E-state index contributed by atoms with van der Waals surface area (Å²) in [6.45, 7) is 5.82. The Kier molecular flexibility index (Phi) is 4.51. The van der Waals surface area contributed by atoms with Gasteiger partial charge in [0.15, 0.2) is 0 Å². The molecule has 0 saturated carbocycles. The number of amides is 3. The largest absolute Gasteiger partial charge is 0.361 e. The van der Waals surface area contributed by atoms with Crippen molar-refractivity contribution in [3.05, 3.63) is 65.4 Å². The molecule has 5 unspecified atom stereocenters. The fraction of sp³-hybridized carbons (Fsp3) is 0.370. The highest BCUT2D eigenvalue weighted by atomic mass is 16.2. The van der Waals surface area contributed by atoms with Crippen LogP contribution in [0.2, 0.25) is 0 Å². The maximum atomic E-state index is 13.8. The number of H-pyrrole nitrogens is 1. The Morgan fingerprint density at radius 3 is 2.65 bits per heavy atom. The molecule has 2 saturated heterocycles.